The molecule has 108 valence electrons. The molecule has 0 unspecified atom stereocenters. The van der Waals surface area contributed by atoms with Gasteiger partial charge in [-0.2, -0.15) is 5.10 Å². The number of amides is 1. The predicted molar refractivity (Wildman–Crippen MR) is 84.2 cm³/mol. The molecule has 6 heteroatoms. The Morgan fingerprint density at radius 2 is 1.86 bits per heavy atom. The van der Waals surface area contributed by atoms with Gasteiger partial charge < -0.3 is 5.11 Å². The average molecular weight is 323 g/mol. The number of phenols is 1. The normalized spacial score (nSPS) is 11.3. The van der Waals surface area contributed by atoms with Gasteiger partial charge in [-0.05, 0) is 37.3 Å². The second-order valence-corrected chi connectivity index (χ2v) is 5.12. The summed E-state index contributed by atoms with van der Waals surface area (Å²) in [7, 11) is 0. The lowest BCUT2D eigenvalue weighted by molar-refractivity contribution is 0.0952. The highest BCUT2D eigenvalue weighted by Gasteiger charge is 2.10. The summed E-state index contributed by atoms with van der Waals surface area (Å²) in [4.78, 5) is 11.9. The van der Waals surface area contributed by atoms with E-state index in [2.05, 4.69) is 10.5 Å². The van der Waals surface area contributed by atoms with Crippen LogP contribution in [0.2, 0.25) is 10.0 Å². The Morgan fingerprint density at radius 1 is 1.14 bits per heavy atom. The summed E-state index contributed by atoms with van der Waals surface area (Å²) in [6, 6.07) is 11.2. The van der Waals surface area contributed by atoms with E-state index in [4.69, 9.17) is 23.2 Å². The van der Waals surface area contributed by atoms with Crippen LogP contribution in [-0.2, 0) is 0 Å². The van der Waals surface area contributed by atoms with Crippen molar-refractivity contribution < 1.29 is 9.90 Å². The number of nitrogens with one attached hydrogen (secondary N) is 1. The molecule has 2 N–H and O–H groups in total. The minimum Gasteiger partial charge on any atom is -0.507 e. The van der Waals surface area contributed by atoms with Crippen molar-refractivity contribution in [2.75, 3.05) is 0 Å². The number of para-hydroxylation sites is 1. The lowest BCUT2D eigenvalue weighted by Crippen LogP contribution is -2.19. The Hall–Kier alpha value is -2.04. The summed E-state index contributed by atoms with van der Waals surface area (Å²) in [5.74, 6) is -0.616. The van der Waals surface area contributed by atoms with Crippen LogP contribution in [0.3, 0.4) is 0 Å². The highest BCUT2D eigenvalue weighted by atomic mass is 35.5. The van der Waals surface area contributed by atoms with Crippen molar-refractivity contribution in [1.29, 1.82) is 0 Å². The van der Waals surface area contributed by atoms with Crippen molar-refractivity contribution in [3.63, 3.8) is 0 Å². The number of halogens is 2. The van der Waals surface area contributed by atoms with Gasteiger partial charge in [-0.25, -0.2) is 5.43 Å². The smallest absolute Gasteiger partial charge is 0.275 e. The SMILES string of the molecule is CC(=NNC(=O)c1ccccc1O)c1cc(Cl)ccc1Cl. The zero-order chi connectivity index (χ0) is 15.4. The summed E-state index contributed by atoms with van der Waals surface area (Å²) < 4.78 is 0. The first-order chi connectivity index (χ1) is 9.99. The van der Waals surface area contributed by atoms with Crippen molar-refractivity contribution in [3.05, 3.63) is 63.6 Å². The number of rotatable bonds is 3. The van der Waals surface area contributed by atoms with E-state index in [0.717, 1.165) is 0 Å². The van der Waals surface area contributed by atoms with Crippen molar-refractivity contribution in [3.8, 4) is 5.75 Å². The van der Waals surface area contributed by atoms with Gasteiger partial charge in [0.1, 0.15) is 5.75 Å². The molecule has 0 bridgehead atoms. The van der Waals surface area contributed by atoms with E-state index in [1.807, 2.05) is 0 Å². The van der Waals surface area contributed by atoms with Crippen molar-refractivity contribution in [2.45, 2.75) is 6.92 Å². The van der Waals surface area contributed by atoms with Gasteiger partial charge in [-0.1, -0.05) is 35.3 Å². The van der Waals surface area contributed by atoms with Gasteiger partial charge in [0.25, 0.3) is 5.91 Å². The highest BCUT2D eigenvalue weighted by Crippen LogP contribution is 2.21. The molecular weight excluding hydrogens is 311 g/mol. The summed E-state index contributed by atoms with van der Waals surface area (Å²) in [5.41, 5.74) is 3.65. The summed E-state index contributed by atoms with van der Waals surface area (Å²) in [6.45, 7) is 1.70. The van der Waals surface area contributed by atoms with Gasteiger partial charge in [0.2, 0.25) is 0 Å². The predicted octanol–water partition coefficient (Wildman–Crippen LogP) is 3.85. The van der Waals surface area contributed by atoms with Crippen LogP contribution in [0.25, 0.3) is 0 Å². The van der Waals surface area contributed by atoms with Crippen molar-refractivity contribution in [2.24, 2.45) is 5.10 Å². The molecule has 2 aromatic rings. The molecule has 1 amide bonds. The van der Waals surface area contributed by atoms with E-state index in [-0.39, 0.29) is 11.3 Å². The summed E-state index contributed by atoms with van der Waals surface area (Å²) >= 11 is 12.0. The highest BCUT2D eigenvalue weighted by molar-refractivity contribution is 6.36. The third-order valence-electron chi connectivity index (χ3n) is 2.79. The molecule has 0 atom stereocenters. The molecule has 0 aromatic heterocycles. The van der Waals surface area contributed by atoms with Crippen LogP contribution >= 0.6 is 23.2 Å². The molecule has 2 aromatic carbocycles. The molecule has 4 nitrogen and oxygen atoms in total. The van der Waals surface area contributed by atoms with E-state index in [1.54, 1.807) is 37.3 Å². The lowest BCUT2D eigenvalue weighted by Gasteiger charge is -2.06. The minimum absolute atomic E-state index is 0.108. The maximum Gasteiger partial charge on any atom is 0.275 e. The second kappa shape index (κ2) is 6.61. The number of carbonyl (C=O) groups excluding carboxylic acids is 1. The molecule has 0 saturated carbocycles. The number of hydrogen-bond acceptors (Lipinski definition) is 3. The van der Waals surface area contributed by atoms with Crippen molar-refractivity contribution in [1.82, 2.24) is 5.43 Å². The van der Waals surface area contributed by atoms with Gasteiger partial charge in [-0.15, -0.1) is 0 Å². The Bertz CT molecular complexity index is 715. The van der Waals surface area contributed by atoms with Gasteiger partial charge in [0, 0.05) is 15.6 Å². The number of hydrazone groups is 1. The van der Waals surface area contributed by atoms with E-state index < -0.39 is 5.91 Å². The monoisotopic (exact) mass is 322 g/mol. The van der Waals surface area contributed by atoms with E-state index in [9.17, 15) is 9.90 Å². The van der Waals surface area contributed by atoms with E-state index in [0.29, 0.717) is 21.3 Å². The van der Waals surface area contributed by atoms with E-state index in [1.165, 1.54) is 12.1 Å². The van der Waals surface area contributed by atoms with Gasteiger partial charge >= 0.3 is 0 Å². The topological polar surface area (TPSA) is 61.7 Å². The fraction of sp³-hybridized carbons (Fsp3) is 0.0667. The standard InChI is InChI=1S/C15H12Cl2N2O2/c1-9(12-8-10(16)6-7-13(12)17)18-19-15(21)11-4-2-3-5-14(11)20/h2-8,20H,1H3,(H,19,21). The van der Waals surface area contributed by atoms with Crippen LogP contribution in [0.4, 0.5) is 0 Å². The zero-order valence-corrected chi connectivity index (χ0v) is 12.6. The quantitative estimate of drug-likeness (QED) is 0.666. The number of aromatic hydroxyl groups is 1. The molecule has 0 radical (unpaired) electrons. The lowest BCUT2D eigenvalue weighted by atomic mass is 10.1. The molecule has 0 fully saturated rings. The Labute approximate surface area is 132 Å². The average Bonchev–Trinajstić information content (AvgIpc) is 2.47. The van der Waals surface area contributed by atoms with Crippen LogP contribution in [0.1, 0.15) is 22.8 Å². The number of benzene rings is 2. The molecule has 21 heavy (non-hydrogen) atoms. The maximum atomic E-state index is 11.9. The van der Waals surface area contributed by atoms with Gasteiger partial charge in [0.15, 0.2) is 0 Å². The molecule has 2 rings (SSSR count). The van der Waals surface area contributed by atoms with Crippen LogP contribution in [0, 0.1) is 0 Å². The van der Waals surface area contributed by atoms with Gasteiger partial charge in [-0.3, -0.25) is 4.79 Å². The molecule has 0 aliphatic heterocycles. The Kier molecular flexibility index (Phi) is 4.83. The first-order valence-corrected chi connectivity index (χ1v) is 6.82. The molecular formula is C15H12Cl2N2O2. The fourth-order valence-corrected chi connectivity index (χ4v) is 2.12. The van der Waals surface area contributed by atoms with Crippen LogP contribution in [-0.4, -0.2) is 16.7 Å². The maximum absolute atomic E-state index is 11.9. The number of carbonyl (C=O) groups is 1. The third-order valence-corrected chi connectivity index (χ3v) is 3.36. The van der Waals surface area contributed by atoms with Crippen LogP contribution in [0.15, 0.2) is 47.6 Å². The molecule has 0 aliphatic carbocycles. The first kappa shape index (κ1) is 15.4. The number of nitrogens with zero attached hydrogens (tertiary/aromatic N) is 1. The van der Waals surface area contributed by atoms with Gasteiger partial charge in [0.05, 0.1) is 11.3 Å². The molecule has 0 aliphatic rings. The van der Waals surface area contributed by atoms with Crippen molar-refractivity contribution >= 4 is 34.8 Å². The number of phenolic OH excluding ortho intramolecular Hbond substituents is 1. The minimum atomic E-state index is -0.509. The van der Waals surface area contributed by atoms with E-state index >= 15 is 0 Å². The van der Waals surface area contributed by atoms with Crippen LogP contribution in [0.5, 0.6) is 5.75 Å². The summed E-state index contributed by atoms with van der Waals surface area (Å²) in [6.07, 6.45) is 0. The fourth-order valence-electron chi connectivity index (χ4n) is 1.70. The van der Waals surface area contributed by atoms with Crippen LogP contribution < -0.4 is 5.43 Å². The number of hydrogen-bond donors (Lipinski definition) is 2. The Morgan fingerprint density at radius 3 is 2.57 bits per heavy atom. The third kappa shape index (κ3) is 3.74. The first-order valence-electron chi connectivity index (χ1n) is 6.07. The zero-order valence-electron chi connectivity index (χ0n) is 11.1. The molecule has 0 saturated heterocycles. The second-order valence-electron chi connectivity index (χ2n) is 4.28. The summed E-state index contributed by atoms with van der Waals surface area (Å²) in [5, 5.41) is 14.6. The largest absolute Gasteiger partial charge is 0.507 e. The Balaban J connectivity index is 2.19. The molecule has 0 spiro atoms. The molecule has 0 heterocycles.